The minimum absolute atomic E-state index is 0.0692. The number of benzene rings is 1. The van der Waals surface area contributed by atoms with Crippen LogP contribution in [0.3, 0.4) is 0 Å². The van der Waals surface area contributed by atoms with Gasteiger partial charge in [0.1, 0.15) is 0 Å². The van der Waals surface area contributed by atoms with Gasteiger partial charge in [-0.1, -0.05) is 18.2 Å². The molecule has 110 valence electrons. The molecule has 1 aliphatic heterocycles. The number of fused-ring (bicyclic) bond motifs is 1. The van der Waals surface area contributed by atoms with Gasteiger partial charge in [-0.25, -0.2) is 4.98 Å². The second-order valence-corrected chi connectivity index (χ2v) is 5.51. The summed E-state index contributed by atoms with van der Waals surface area (Å²) in [5.41, 5.74) is 2.17. The maximum atomic E-state index is 12.5. The van der Waals surface area contributed by atoms with E-state index in [1.807, 2.05) is 35.0 Å². The van der Waals surface area contributed by atoms with E-state index in [-0.39, 0.29) is 11.8 Å². The topological polar surface area (TPSA) is 59.0 Å². The highest BCUT2D eigenvalue weighted by Crippen LogP contribution is 2.33. The van der Waals surface area contributed by atoms with Crippen LogP contribution in [0.15, 0.2) is 43.0 Å². The summed E-state index contributed by atoms with van der Waals surface area (Å²) >= 11 is 0. The minimum Gasteiger partial charge on any atom is -0.382 e. The Labute approximate surface area is 124 Å². The van der Waals surface area contributed by atoms with E-state index in [1.54, 1.807) is 12.5 Å². The van der Waals surface area contributed by atoms with Crippen LogP contribution >= 0.6 is 0 Å². The largest absolute Gasteiger partial charge is 0.382 e. The van der Waals surface area contributed by atoms with E-state index >= 15 is 0 Å². The van der Waals surface area contributed by atoms with Gasteiger partial charge in [0.2, 0.25) is 5.91 Å². The second kappa shape index (κ2) is 5.99. The molecule has 2 heterocycles. The van der Waals surface area contributed by atoms with Crippen molar-refractivity contribution in [3.63, 3.8) is 0 Å². The lowest BCUT2D eigenvalue weighted by molar-refractivity contribution is -0.122. The third kappa shape index (κ3) is 3.07. The van der Waals surface area contributed by atoms with Gasteiger partial charge in [-0.05, 0) is 25.0 Å². The number of rotatable bonds is 4. The van der Waals surface area contributed by atoms with Gasteiger partial charge in [0.15, 0.2) is 0 Å². The maximum absolute atomic E-state index is 12.5. The van der Waals surface area contributed by atoms with E-state index < -0.39 is 0 Å². The van der Waals surface area contributed by atoms with Gasteiger partial charge < -0.3 is 15.2 Å². The summed E-state index contributed by atoms with van der Waals surface area (Å²) in [5, 5.41) is 6.47. The predicted octanol–water partition coefficient (Wildman–Crippen LogP) is 1.99. The van der Waals surface area contributed by atoms with E-state index in [9.17, 15) is 4.79 Å². The van der Waals surface area contributed by atoms with Crippen LogP contribution < -0.4 is 10.6 Å². The van der Waals surface area contributed by atoms with Gasteiger partial charge in [0, 0.05) is 37.2 Å². The zero-order valence-electron chi connectivity index (χ0n) is 12.1. The number of imidazole rings is 1. The van der Waals surface area contributed by atoms with Gasteiger partial charge in [0.25, 0.3) is 0 Å². The first kappa shape index (κ1) is 13.7. The zero-order valence-corrected chi connectivity index (χ0v) is 12.1. The number of anilines is 1. The summed E-state index contributed by atoms with van der Waals surface area (Å²) in [6, 6.07) is 8.37. The summed E-state index contributed by atoms with van der Waals surface area (Å²) in [5.74, 6) is 0.0381. The van der Waals surface area contributed by atoms with Crippen molar-refractivity contribution in [1.29, 1.82) is 0 Å². The number of carbonyl (C=O) groups is 1. The molecule has 0 spiro atoms. The molecular weight excluding hydrogens is 264 g/mol. The first-order valence-electron chi connectivity index (χ1n) is 7.33. The molecule has 2 unspecified atom stereocenters. The Morgan fingerprint density at radius 1 is 1.48 bits per heavy atom. The van der Waals surface area contributed by atoms with Gasteiger partial charge in [-0.15, -0.1) is 0 Å². The second-order valence-electron chi connectivity index (χ2n) is 5.51. The van der Waals surface area contributed by atoms with Crippen LogP contribution in [0.5, 0.6) is 0 Å². The standard InChI is InChI=1S/C16H20N4O/c1-12-10-14(13-4-2-3-5-15(13)19-12)16(21)18-7-9-20-8-6-17-11-20/h2-6,8,11-12,14,19H,7,9-10H2,1H3,(H,18,21). The third-order valence-corrected chi connectivity index (χ3v) is 3.87. The predicted molar refractivity (Wildman–Crippen MR) is 82.1 cm³/mol. The van der Waals surface area contributed by atoms with Crippen molar-refractivity contribution in [3.8, 4) is 0 Å². The first-order chi connectivity index (χ1) is 10.2. The SMILES string of the molecule is CC1CC(C(=O)NCCn2ccnc2)c2ccccc2N1. The molecular formula is C16H20N4O. The minimum atomic E-state index is -0.0692. The van der Waals surface area contributed by atoms with Gasteiger partial charge in [-0.2, -0.15) is 0 Å². The van der Waals surface area contributed by atoms with Crippen LogP contribution in [0.4, 0.5) is 5.69 Å². The lowest BCUT2D eigenvalue weighted by atomic mass is 9.87. The molecule has 2 atom stereocenters. The fourth-order valence-corrected chi connectivity index (χ4v) is 2.84. The van der Waals surface area contributed by atoms with Crippen molar-refractivity contribution in [2.24, 2.45) is 0 Å². The number of amides is 1. The van der Waals surface area contributed by atoms with Crippen LogP contribution in [-0.2, 0) is 11.3 Å². The van der Waals surface area contributed by atoms with Crippen molar-refractivity contribution in [2.75, 3.05) is 11.9 Å². The summed E-state index contributed by atoms with van der Waals surface area (Å²) in [6.07, 6.45) is 6.22. The molecule has 5 heteroatoms. The maximum Gasteiger partial charge on any atom is 0.227 e. The highest BCUT2D eigenvalue weighted by molar-refractivity contribution is 5.86. The average Bonchev–Trinajstić information content (AvgIpc) is 2.99. The lowest BCUT2D eigenvalue weighted by Crippen LogP contribution is -2.37. The number of para-hydroxylation sites is 1. The Bertz CT molecular complexity index is 608. The third-order valence-electron chi connectivity index (χ3n) is 3.87. The molecule has 21 heavy (non-hydrogen) atoms. The lowest BCUT2D eigenvalue weighted by Gasteiger charge is -2.30. The van der Waals surface area contributed by atoms with E-state index in [1.165, 1.54) is 0 Å². The van der Waals surface area contributed by atoms with Crippen molar-refractivity contribution in [3.05, 3.63) is 48.5 Å². The van der Waals surface area contributed by atoms with Gasteiger partial charge in [0.05, 0.1) is 12.2 Å². The number of hydrogen-bond acceptors (Lipinski definition) is 3. The summed E-state index contributed by atoms with van der Waals surface area (Å²) in [6.45, 7) is 3.48. The zero-order chi connectivity index (χ0) is 14.7. The number of hydrogen-bond donors (Lipinski definition) is 2. The van der Waals surface area contributed by atoms with Crippen LogP contribution in [0, 0.1) is 0 Å². The summed E-state index contributed by atoms with van der Waals surface area (Å²) < 4.78 is 1.96. The van der Waals surface area contributed by atoms with Crippen molar-refractivity contribution in [1.82, 2.24) is 14.9 Å². The van der Waals surface area contributed by atoms with Crippen LogP contribution in [0.2, 0.25) is 0 Å². The molecule has 0 radical (unpaired) electrons. The van der Waals surface area contributed by atoms with Gasteiger partial charge in [-0.3, -0.25) is 4.79 Å². The Morgan fingerprint density at radius 2 is 2.33 bits per heavy atom. The van der Waals surface area contributed by atoms with E-state index in [2.05, 4.69) is 22.5 Å². The summed E-state index contributed by atoms with van der Waals surface area (Å²) in [7, 11) is 0. The first-order valence-corrected chi connectivity index (χ1v) is 7.33. The number of nitrogens with zero attached hydrogens (tertiary/aromatic N) is 2. The number of nitrogens with one attached hydrogen (secondary N) is 2. The Morgan fingerprint density at radius 3 is 3.14 bits per heavy atom. The molecule has 0 bridgehead atoms. The highest BCUT2D eigenvalue weighted by Gasteiger charge is 2.29. The van der Waals surface area contributed by atoms with E-state index in [0.29, 0.717) is 12.6 Å². The van der Waals surface area contributed by atoms with Crippen molar-refractivity contribution in [2.45, 2.75) is 31.8 Å². The molecule has 1 amide bonds. The van der Waals surface area contributed by atoms with Crippen LogP contribution in [0.25, 0.3) is 0 Å². The normalized spacial score (nSPS) is 20.4. The molecule has 3 rings (SSSR count). The Balaban J connectivity index is 1.64. The molecule has 0 fully saturated rings. The van der Waals surface area contributed by atoms with Crippen molar-refractivity contribution >= 4 is 11.6 Å². The Hall–Kier alpha value is -2.30. The number of aromatic nitrogens is 2. The van der Waals surface area contributed by atoms with Gasteiger partial charge >= 0.3 is 0 Å². The molecule has 2 aromatic rings. The molecule has 5 nitrogen and oxygen atoms in total. The smallest absolute Gasteiger partial charge is 0.227 e. The van der Waals surface area contributed by atoms with Crippen LogP contribution in [-0.4, -0.2) is 28.0 Å². The van der Waals surface area contributed by atoms with E-state index in [0.717, 1.165) is 24.2 Å². The van der Waals surface area contributed by atoms with Crippen molar-refractivity contribution < 1.29 is 4.79 Å². The monoisotopic (exact) mass is 284 g/mol. The molecule has 1 aromatic heterocycles. The molecule has 0 saturated heterocycles. The van der Waals surface area contributed by atoms with Crippen LogP contribution in [0.1, 0.15) is 24.8 Å². The van der Waals surface area contributed by atoms with E-state index in [4.69, 9.17) is 0 Å². The molecule has 0 aliphatic carbocycles. The fourth-order valence-electron chi connectivity index (χ4n) is 2.84. The number of carbonyl (C=O) groups excluding carboxylic acids is 1. The fraction of sp³-hybridized carbons (Fsp3) is 0.375. The summed E-state index contributed by atoms with van der Waals surface area (Å²) in [4.78, 5) is 16.5. The quantitative estimate of drug-likeness (QED) is 0.902. The Kier molecular flexibility index (Phi) is 3.90. The highest BCUT2D eigenvalue weighted by atomic mass is 16.1. The molecule has 0 saturated carbocycles. The molecule has 1 aliphatic rings. The molecule has 1 aromatic carbocycles. The average molecular weight is 284 g/mol. The molecule has 2 N–H and O–H groups in total.